The largest absolute Gasteiger partial charge is 0.365 e. The zero-order chi connectivity index (χ0) is 26.4. The Morgan fingerprint density at radius 3 is 2.27 bits per heavy atom. The fraction of sp³-hybridized carbons (Fsp3) is 0.185. The van der Waals surface area contributed by atoms with E-state index in [1.807, 2.05) is 58.2 Å². The summed E-state index contributed by atoms with van der Waals surface area (Å²) < 4.78 is 10.2. The minimum atomic E-state index is -0.336. The Hall–Kier alpha value is -2.25. The fourth-order valence-electron chi connectivity index (χ4n) is 3.69. The average Bonchev–Trinajstić information content (AvgIpc) is 3.31. The molecule has 1 amide bonds. The summed E-state index contributed by atoms with van der Waals surface area (Å²) in [6.07, 6.45) is 5.69. The van der Waals surface area contributed by atoms with E-state index in [0.29, 0.717) is 50.5 Å². The van der Waals surface area contributed by atoms with E-state index >= 15 is 0 Å². The van der Waals surface area contributed by atoms with Crippen LogP contribution >= 0.6 is 58.0 Å². The molecule has 1 atom stereocenters. The highest BCUT2D eigenvalue weighted by molar-refractivity contribution is 6.36. The molecule has 37 heavy (non-hydrogen) atoms. The third-order valence-corrected chi connectivity index (χ3v) is 6.96. The maximum Gasteiger partial charge on any atom is 0.243 e. The summed E-state index contributed by atoms with van der Waals surface area (Å²) >= 11 is 30.7. The van der Waals surface area contributed by atoms with Crippen molar-refractivity contribution < 1.29 is 14.1 Å². The SMILES string of the molecule is O=C(CCn1cc[n+](CC(OCc2ccc(Cl)cc2)c2ccc(Cl)cc2Cl)c1)Nc1ccc(Cl)cc1Cl. The normalized spacial score (nSPS) is 11.9. The number of amides is 1. The Morgan fingerprint density at radius 2 is 1.57 bits per heavy atom. The van der Waals surface area contributed by atoms with Gasteiger partial charge in [0.2, 0.25) is 12.2 Å². The van der Waals surface area contributed by atoms with Crippen LogP contribution in [0, 0.1) is 0 Å². The number of ether oxygens (including phenoxy) is 1. The lowest BCUT2D eigenvalue weighted by molar-refractivity contribution is -0.704. The number of benzene rings is 3. The van der Waals surface area contributed by atoms with E-state index in [0.717, 1.165) is 11.1 Å². The van der Waals surface area contributed by atoms with Crippen LogP contribution < -0.4 is 9.88 Å². The van der Waals surface area contributed by atoms with Gasteiger partial charge in [-0.25, -0.2) is 9.13 Å². The lowest BCUT2D eigenvalue weighted by atomic mass is 10.1. The van der Waals surface area contributed by atoms with E-state index in [1.165, 1.54) is 0 Å². The predicted molar refractivity (Wildman–Crippen MR) is 150 cm³/mol. The van der Waals surface area contributed by atoms with Gasteiger partial charge in [-0.3, -0.25) is 4.79 Å². The summed E-state index contributed by atoms with van der Waals surface area (Å²) in [5.74, 6) is -0.151. The van der Waals surface area contributed by atoms with Gasteiger partial charge in [-0.05, 0) is 48.0 Å². The average molecular weight is 599 g/mol. The summed E-state index contributed by atoms with van der Waals surface area (Å²) in [5.41, 5.74) is 2.35. The third-order valence-electron chi connectivity index (χ3n) is 5.60. The molecule has 1 heterocycles. The highest BCUT2D eigenvalue weighted by Gasteiger charge is 2.20. The molecule has 3 aromatic carbocycles. The molecule has 192 valence electrons. The molecule has 10 heteroatoms. The summed E-state index contributed by atoms with van der Waals surface area (Å²) in [7, 11) is 0. The first-order valence-electron chi connectivity index (χ1n) is 11.4. The third kappa shape index (κ3) is 8.11. The number of carbonyl (C=O) groups is 1. The van der Waals surface area contributed by atoms with Crippen LogP contribution in [-0.2, 0) is 29.2 Å². The second-order valence-corrected chi connectivity index (χ2v) is 10.5. The van der Waals surface area contributed by atoms with E-state index in [9.17, 15) is 4.79 Å². The van der Waals surface area contributed by atoms with Gasteiger partial charge in [0.1, 0.15) is 25.0 Å². The highest BCUT2D eigenvalue weighted by Crippen LogP contribution is 2.30. The molecule has 0 spiro atoms. The second-order valence-electron chi connectivity index (χ2n) is 8.36. The Bertz CT molecular complexity index is 1370. The molecular weight excluding hydrogens is 576 g/mol. The fourth-order valence-corrected chi connectivity index (χ4v) is 4.80. The molecule has 0 aliphatic carbocycles. The topological polar surface area (TPSA) is 47.1 Å². The number of anilines is 1. The number of aromatic nitrogens is 2. The molecule has 5 nitrogen and oxygen atoms in total. The molecule has 1 aromatic heterocycles. The van der Waals surface area contributed by atoms with E-state index in [4.69, 9.17) is 62.7 Å². The minimum absolute atomic E-state index is 0.151. The molecular formula is C27H23Cl5N3O2+. The molecule has 0 bridgehead atoms. The maximum atomic E-state index is 12.4. The van der Waals surface area contributed by atoms with Gasteiger partial charge in [-0.2, -0.15) is 0 Å². The zero-order valence-corrected chi connectivity index (χ0v) is 23.3. The number of halogens is 5. The lowest BCUT2D eigenvalue weighted by Crippen LogP contribution is -2.35. The van der Waals surface area contributed by atoms with Crippen LogP contribution in [0.4, 0.5) is 5.69 Å². The van der Waals surface area contributed by atoms with Crippen molar-refractivity contribution in [2.45, 2.75) is 32.2 Å². The first-order chi connectivity index (χ1) is 17.8. The van der Waals surface area contributed by atoms with Gasteiger partial charge < -0.3 is 10.1 Å². The molecule has 1 N–H and O–H groups in total. The second kappa shape index (κ2) is 13.0. The van der Waals surface area contributed by atoms with Gasteiger partial charge >= 0.3 is 0 Å². The Labute approximate surface area is 240 Å². The lowest BCUT2D eigenvalue weighted by Gasteiger charge is -2.18. The van der Waals surface area contributed by atoms with Gasteiger partial charge in [0.15, 0.2) is 0 Å². The van der Waals surface area contributed by atoms with Crippen molar-refractivity contribution in [1.82, 2.24) is 4.57 Å². The molecule has 0 saturated heterocycles. The van der Waals surface area contributed by atoms with Crippen molar-refractivity contribution >= 4 is 69.6 Å². The highest BCUT2D eigenvalue weighted by atomic mass is 35.5. The van der Waals surface area contributed by atoms with Crippen LogP contribution in [0.15, 0.2) is 79.4 Å². The summed E-state index contributed by atoms with van der Waals surface area (Å²) in [4.78, 5) is 12.4. The van der Waals surface area contributed by atoms with Gasteiger partial charge in [0.05, 0.1) is 30.3 Å². The Kier molecular flexibility index (Phi) is 9.77. The van der Waals surface area contributed by atoms with E-state index < -0.39 is 0 Å². The van der Waals surface area contributed by atoms with Crippen LogP contribution in [0.5, 0.6) is 0 Å². The Balaban J connectivity index is 1.40. The number of nitrogens with one attached hydrogen (secondary N) is 1. The van der Waals surface area contributed by atoms with Crippen molar-refractivity contribution in [3.8, 4) is 0 Å². The van der Waals surface area contributed by atoms with E-state index in [1.54, 1.807) is 30.3 Å². The molecule has 0 aliphatic heterocycles. The van der Waals surface area contributed by atoms with Crippen LogP contribution in [0.1, 0.15) is 23.7 Å². The monoisotopic (exact) mass is 596 g/mol. The van der Waals surface area contributed by atoms with Crippen molar-refractivity contribution in [2.75, 3.05) is 5.32 Å². The quantitative estimate of drug-likeness (QED) is 0.188. The van der Waals surface area contributed by atoms with E-state index in [-0.39, 0.29) is 18.4 Å². The van der Waals surface area contributed by atoms with Crippen molar-refractivity contribution in [3.05, 3.63) is 116 Å². The summed E-state index contributed by atoms with van der Waals surface area (Å²) in [6, 6.07) is 17.8. The zero-order valence-electron chi connectivity index (χ0n) is 19.5. The van der Waals surface area contributed by atoms with Gasteiger partial charge in [-0.15, -0.1) is 0 Å². The molecule has 0 fully saturated rings. The van der Waals surface area contributed by atoms with Crippen molar-refractivity contribution in [2.24, 2.45) is 0 Å². The Morgan fingerprint density at radius 1 is 0.892 bits per heavy atom. The number of aryl methyl sites for hydroxylation is 1. The smallest absolute Gasteiger partial charge is 0.243 e. The van der Waals surface area contributed by atoms with Crippen LogP contribution in [0.3, 0.4) is 0 Å². The maximum absolute atomic E-state index is 12.4. The molecule has 4 rings (SSSR count). The number of nitrogens with zero attached hydrogens (tertiary/aromatic N) is 2. The molecule has 0 aliphatic rings. The van der Waals surface area contributed by atoms with Gasteiger partial charge in [0.25, 0.3) is 0 Å². The van der Waals surface area contributed by atoms with Crippen molar-refractivity contribution in [1.29, 1.82) is 0 Å². The molecule has 4 aromatic rings. The first-order valence-corrected chi connectivity index (χ1v) is 13.3. The number of imidazole rings is 1. The standard InChI is InChI=1S/C27H22Cl5N3O2/c28-19-3-1-18(2-4-19)16-37-26(22-7-5-20(29)13-23(22)31)15-35-12-11-34(17-35)10-9-27(36)33-25-8-6-21(30)14-24(25)32/h1-8,11-14,17,26H,9-10,15-16H2/p+1. The van der Waals surface area contributed by atoms with Crippen LogP contribution in [-0.4, -0.2) is 10.5 Å². The number of rotatable bonds is 10. The number of hydrogen-bond donors (Lipinski definition) is 1. The van der Waals surface area contributed by atoms with Crippen LogP contribution in [0.2, 0.25) is 25.1 Å². The van der Waals surface area contributed by atoms with Crippen molar-refractivity contribution in [3.63, 3.8) is 0 Å². The predicted octanol–water partition coefficient (Wildman–Crippen LogP) is 8.03. The van der Waals surface area contributed by atoms with Gasteiger partial charge in [-0.1, -0.05) is 76.2 Å². The molecule has 0 radical (unpaired) electrons. The van der Waals surface area contributed by atoms with Crippen LogP contribution in [0.25, 0.3) is 0 Å². The summed E-state index contributed by atoms with van der Waals surface area (Å²) in [6.45, 7) is 1.38. The van der Waals surface area contributed by atoms with E-state index in [2.05, 4.69) is 5.32 Å². The van der Waals surface area contributed by atoms with Gasteiger partial charge in [0, 0.05) is 25.7 Å². The minimum Gasteiger partial charge on any atom is -0.365 e. The number of carbonyl (C=O) groups excluding carboxylic acids is 1. The first kappa shape index (κ1) is 27.8. The molecule has 1 unspecified atom stereocenters. The number of hydrogen-bond acceptors (Lipinski definition) is 2. The summed E-state index contributed by atoms with van der Waals surface area (Å²) in [5, 5.41) is 5.47. The molecule has 0 saturated carbocycles.